The Labute approximate surface area is 140 Å². The minimum absolute atomic E-state index is 0. The molecule has 0 aromatic heterocycles. The van der Waals surface area contributed by atoms with Crippen molar-refractivity contribution in [2.45, 2.75) is 24.8 Å². The van der Waals surface area contributed by atoms with Gasteiger partial charge in [-0.1, -0.05) is 0 Å². The van der Waals surface area contributed by atoms with Crippen molar-refractivity contribution in [3.8, 4) is 0 Å². The zero-order chi connectivity index (χ0) is 16.2. The predicted octanol–water partition coefficient (Wildman–Crippen LogP) is 0.831. The third-order valence-electron chi connectivity index (χ3n) is 3.49. The summed E-state index contributed by atoms with van der Waals surface area (Å²) in [6.45, 7) is 0.208. The number of rotatable bonds is 6. The Balaban J connectivity index is 0.00000264. The van der Waals surface area contributed by atoms with Crippen LogP contribution in [0.15, 0.2) is 24.3 Å². The lowest BCUT2D eigenvalue weighted by molar-refractivity contribution is -0.140. The molecular weight excluding hydrogens is 322 g/mol. The second-order valence-electron chi connectivity index (χ2n) is 5.27. The van der Waals surface area contributed by atoms with Gasteiger partial charge in [0.1, 0.15) is 0 Å². The van der Waals surface area contributed by atoms with Crippen molar-refractivity contribution in [1.29, 1.82) is 0 Å². The van der Waals surface area contributed by atoms with Gasteiger partial charge in [-0.2, -0.15) is 0 Å². The molecule has 23 heavy (non-hydrogen) atoms. The molecule has 0 saturated heterocycles. The van der Waals surface area contributed by atoms with Crippen molar-refractivity contribution >= 4 is 35.9 Å². The highest BCUT2D eigenvalue weighted by Gasteiger charge is 2.45. The highest BCUT2D eigenvalue weighted by molar-refractivity contribution is 6.00. The van der Waals surface area contributed by atoms with Gasteiger partial charge >= 0.3 is 5.97 Å². The molecule has 0 radical (unpaired) electrons. The van der Waals surface area contributed by atoms with Crippen LogP contribution in [0.2, 0.25) is 0 Å². The summed E-state index contributed by atoms with van der Waals surface area (Å²) in [4.78, 5) is 34.6. The Morgan fingerprint density at radius 1 is 1.22 bits per heavy atom. The summed E-state index contributed by atoms with van der Waals surface area (Å²) in [5, 5.41) is 5.33. The van der Waals surface area contributed by atoms with Gasteiger partial charge in [0.25, 0.3) is 5.91 Å². The van der Waals surface area contributed by atoms with Gasteiger partial charge < -0.3 is 21.1 Å². The van der Waals surface area contributed by atoms with Gasteiger partial charge in [-0.05, 0) is 37.1 Å². The van der Waals surface area contributed by atoms with E-state index in [1.54, 1.807) is 24.3 Å². The molecule has 1 fully saturated rings. The molecule has 0 heterocycles. The van der Waals surface area contributed by atoms with E-state index in [1.807, 2.05) is 0 Å². The fraction of sp³-hybridized carbons (Fsp3) is 0.400. The first-order valence-corrected chi connectivity index (χ1v) is 7.00. The van der Waals surface area contributed by atoms with Crippen LogP contribution in [0.25, 0.3) is 0 Å². The van der Waals surface area contributed by atoms with Crippen LogP contribution < -0.4 is 16.4 Å². The van der Waals surface area contributed by atoms with E-state index in [2.05, 4.69) is 15.4 Å². The molecule has 2 amide bonds. The minimum atomic E-state index is -0.732. The fourth-order valence-corrected chi connectivity index (χ4v) is 1.80. The van der Waals surface area contributed by atoms with Gasteiger partial charge in [0, 0.05) is 17.8 Å². The maximum absolute atomic E-state index is 11.8. The Bertz CT molecular complexity index is 585. The van der Waals surface area contributed by atoms with Crippen LogP contribution in [0.3, 0.4) is 0 Å². The lowest BCUT2D eigenvalue weighted by Gasteiger charge is -2.10. The smallest absolute Gasteiger partial charge is 0.307 e. The van der Waals surface area contributed by atoms with Crippen molar-refractivity contribution in [1.82, 2.24) is 5.32 Å². The van der Waals surface area contributed by atoms with Gasteiger partial charge in [0.05, 0.1) is 19.1 Å². The molecule has 0 aliphatic heterocycles. The van der Waals surface area contributed by atoms with E-state index in [0.29, 0.717) is 24.1 Å². The van der Waals surface area contributed by atoms with Crippen molar-refractivity contribution in [3.63, 3.8) is 0 Å². The number of hydrogen-bond donors (Lipinski definition) is 3. The van der Waals surface area contributed by atoms with Crippen LogP contribution in [-0.4, -0.2) is 37.0 Å². The molecule has 7 nitrogen and oxygen atoms in total. The SMILES string of the molecule is COC(=O)CCNC(=O)c1ccc(NC(=O)C2(N)CC2)cc1.Cl. The number of nitrogens with one attached hydrogen (secondary N) is 2. The predicted molar refractivity (Wildman–Crippen MR) is 87.4 cm³/mol. The lowest BCUT2D eigenvalue weighted by atomic mass is 10.2. The Hall–Kier alpha value is -2.12. The number of esters is 1. The molecular formula is C15H20ClN3O4. The third kappa shape index (κ3) is 5.22. The second-order valence-corrected chi connectivity index (χ2v) is 5.27. The summed E-state index contributed by atoms with van der Waals surface area (Å²) in [6.07, 6.45) is 1.51. The van der Waals surface area contributed by atoms with Crippen LogP contribution in [0.1, 0.15) is 29.6 Å². The summed E-state index contributed by atoms with van der Waals surface area (Å²) in [5.41, 5.74) is 6.09. The Morgan fingerprint density at radius 2 is 1.83 bits per heavy atom. The van der Waals surface area contributed by atoms with Crippen LogP contribution in [0.5, 0.6) is 0 Å². The molecule has 1 aromatic carbocycles. The number of carbonyl (C=O) groups excluding carboxylic acids is 3. The summed E-state index contributed by atoms with van der Waals surface area (Å²) in [5.74, 6) is -0.879. The molecule has 2 rings (SSSR count). The van der Waals surface area contributed by atoms with E-state index in [1.165, 1.54) is 7.11 Å². The van der Waals surface area contributed by atoms with Crippen molar-refractivity contribution < 1.29 is 19.1 Å². The van der Waals surface area contributed by atoms with E-state index in [9.17, 15) is 14.4 Å². The monoisotopic (exact) mass is 341 g/mol. The molecule has 1 aliphatic rings. The first-order chi connectivity index (χ1) is 10.4. The Kier molecular flexibility index (Phi) is 6.53. The number of hydrogen-bond acceptors (Lipinski definition) is 5. The first kappa shape index (κ1) is 18.9. The largest absolute Gasteiger partial charge is 0.469 e. The summed E-state index contributed by atoms with van der Waals surface area (Å²) in [7, 11) is 1.30. The van der Waals surface area contributed by atoms with Crippen molar-refractivity contribution in [2.24, 2.45) is 5.73 Å². The normalized spacial score (nSPS) is 14.2. The number of halogens is 1. The quantitative estimate of drug-likeness (QED) is 0.664. The molecule has 0 spiro atoms. The lowest BCUT2D eigenvalue weighted by Crippen LogP contribution is -2.37. The molecule has 0 bridgehead atoms. The van der Waals surface area contributed by atoms with Crippen LogP contribution in [-0.2, 0) is 14.3 Å². The van der Waals surface area contributed by atoms with Gasteiger partial charge in [-0.15, -0.1) is 12.4 Å². The van der Waals surface area contributed by atoms with Crippen LogP contribution in [0, 0.1) is 0 Å². The molecule has 0 unspecified atom stereocenters. The van der Waals surface area contributed by atoms with E-state index < -0.39 is 5.54 Å². The average molecular weight is 342 g/mol. The summed E-state index contributed by atoms with van der Waals surface area (Å²) >= 11 is 0. The van der Waals surface area contributed by atoms with Gasteiger partial charge in [0.2, 0.25) is 5.91 Å². The third-order valence-corrected chi connectivity index (χ3v) is 3.49. The van der Waals surface area contributed by atoms with Crippen molar-refractivity contribution in [3.05, 3.63) is 29.8 Å². The number of benzene rings is 1. The second kappa shape index (κ2) is 7.94. The first-order valence-electron chi connectivity index (χ1n) is 7.00. The average Bonchev–Trinajstić information content (AvgIpc) is 3.27. The van der Waals surface area contributed by atoms with Gasteiger partial charge in [0.15, 0.2) is 0 Å². The number of ether oxygens (including phenoxy) is 1. The van der Waals surface area contributed by atoms with Crippen molar-refractivity contribution in [2.75, 3.05) is 19.0 Å². The summed E-state index contributed by atoms with van der Waals surface area (Å²) < 4.78 is 4.48. The van der Waals surface area contributed by atoms with E-state index >= 15 is 0 Å². The topological polar surface area (TPSA) is 111 Å². The Morgan fingerprint density at radius 3 is 2.35 bits per heavy atom. The van der Waals surface area contributed by atoms with Crippen LogP contribution >= 0.6 is 12.4 Å². The van der Waals surface area contributed by atoms with Gasteiger partial charge in [-0.25, -0.2) is 0 Å². The van der Waals surface area contributed by atoms with E-state index in [4.69, 9.17) is 5.73 Å². The number of methoxy groups -OCH3 is 1. The fourth-order valence-electron chi connectivity index (χ4n) is 1.80. The zero-order valence-electron chi connectivity index (χ0n) is 12.8. The van der Waals surface area contributed by atoms with E-state index in [0.717, 1.165) is 0 Å². The highest BCUT2D eigenvalue weighted by Crippen LogP contribution is 2.33. The molecule has 0 atom stereocenters. The number of nitrogens with two attached hydrogens (primary N) is 1. The maximum atomic E-state index is 11.8. The van der Waals surface area contributed by atoms with Crippen LogP contribution in [0.4, 0.5) is 5.69 Å². The molecule has 8 heteroatoms. The molecule has 1 aromatic rings. The summed E-state index contributed by atoms with van der Waals surface area (Å²) in [6, 6.07) is 6.47. The minimum Gasteiger partial charge on any atom is -0.469 e. The molecule has 1 saturated carbocycles. The molecule has 4 N–H and O–H groups in total. The maximum Gasteiger partial charge on any atom is 0.307 e. The van der Waals surface area contributed by atoms with E-state index in [-0.39, 0.29) is 43.2 Å². The zero-order valence-corrected chi connectivity index (χ0v) is 13.6. The highest BCUT2D eigenvalue weighted by atomic mass is 35.5. The molecule has 1 aliphatic carbocycles. The molecule has 126 valence electrons. The van der Waals surface area contributed by atoms with Gasteiger partial charge in [-0.3, -0.25) is 14.4 Å². The standard InChI is InChI=1S/C15H19N3O4.ClH/c1-22-12(19)6-9-17-13(20)10-2-4-11(5-3-10)18-14(21)15(16)7-8-15;/h2-5H,6-9,16H2,1H3,(H,17,20)(H,18,21);1H. The number of carbonyl (C=O) groups is 3. The number of amides is 2. The number of anilines is 1.